The summed E-state index contributed by atoms with van der Waals surface area (Å²) in [6, 6.07) is 8.17. The van der Waals surface area contributed by atoms with E-state index < -0.39 is 0 Å². The van der Waals surface area contributed by atoms with Crippen molar-refractivity contribution in [3.05, 3.63) is 52.4 Å². The van der Waals surface area contributed by atoms with Crippen LogP contribution in [0.3, 0.4) is 0 Å². The van der Waals surface area contributed by atoms with Crippen LogP contribution in [0.5, 0.6) is 0 Å². The van der Waals surface area contributed by atoms with Gasteiger partial charge < -0.3 is 15.0 Å². The molecule has 5 nitrogen and oxygen atoms in total. The Hall–Kier alpha value is -2.56. The molecule has 0 bridgehead atoms. The Balaban J connectivity index is 1.72. The van der Waals surface area contributed by atoms with E-state index in [-0.39, 0.29) is 23.8 Å². The standard InChI is InChI=1S/C25H32N2O3/c1-16-22(25(29)30-19-8-5-4-6-9-19)23(17-12-14-18(15-13-17)27(2)3)24-20(26-16)10-7-11-21(24)28/h12-15,19,23,26H,4-11H2,1-3H3. The number of carbonyl (C=O) groups excluding carboxylic acids is 2. The third-order valence-electron chi connectivity index (χ3n) is 6.56. The molecule has 1 unspecified atom stereocenters. The molecule has 1 saturated carbocycles. The molecule has 1 aliphatic heterocycles. The predicted octanol–water partition coefficient (Wildman–Crippen LogP) is 4.60. The molecule has 0 radical (unpaired) electrons. The smallest absolute Gasteiger partial charge is 0.337 e. The Labute approximate surface area is 179 Å². The molecule has 4 rings (SSSR count). The highest BCUT2D eigenvalue weighted by atomic mass is 16.5. The molecule has 0 spiro atoms. The van der Waals surface area contributed by atoms with Crippen LogP contribution < -0.4 is 10.2 Å². The summed E-state index contributed by atoms with van der Waals surface area (Å²) in [7, 11) is 4.00. The molecule has 0 saturated heterocycles. The molecular weight excluding hydrogens is 376 g/mol. The van der Waals surface area contributed by atoms with Crippen LogP contribution in [0.25, 0.3) is 0 Å². The third-order valence-corrected chi connectivity index (χ3v) is 6.56. The van der Waals surface area contributed by atoms with Gasteiger partial charge in [-0.25, -0.2) is 4.79 Å². The van der Waals surface area contributed by atoms with Crippen molar-refractivity contribution in [2.24, 2.45) is 0 Å². The Morgan fingerprint density at radius 2 is 1.73 bits per heavy atom. The van der Waals surface area contributed by atoms with Gasteiger partial charge in [0, 0.05) is 49.1 Å². The molecule has 1 atom stereocenters. The second-order valence-corrected chi connectivity index (χ2v) is 8.92. The molecule has 1 aromatic rings. The van der Waals surface area contributed by atoms with Gasteiger partial charge in [0.15, 0.2) is 5.78 Å². The lowest BCUT2D eigenvalue weighted by Crippen LogP contribution is -2.35. The number of benzene rings is 1. The SMILES string of the molecule is CC1=C(C(=O)OC2CCCCC2)C(c2ccc(N(C)C)cc2)C2=C(CCCC2=O)N1. The number of allylic oxidation sites excluding steroid dienone is 3. The van der Waals surface area contributed by atoms with E-state index in [2.05, 4.69) is 5.32 Å². The van der Waals surface area contributed by atoms with E-state index in [4.69, 9.17) is 4.74 Å². The number of dihydropyridines is 1. The quantitative estimate of drug-likeness (QED) is 0.738. The number of rotatable bonds is 4. The van der Waals surface area contributed by atoms with E-state index in [1.165, 1.54) is 6.42 Å². The van der Waals surface area contributed by atoms with Gasteiger partial charge in [-0.1, -0.05) is 18.6 Å². The zero-order chi connectivity index (χ0) is 21.3. The van der Waals surface area contributed by atoms with Gasteiger partial charge in [-0.05, 0) is 63.1 Å². The van der Waals surface area contributed by atoms with Crippen molar-refractivity contribution >= 4 is 17.4 Å². The number of nitrogens with one attached hydrogen (secondary N) is 1. The summed E-state index contributed by atoms with van der Waals surface area (Å²) >= 11 is 0. The average Bonchev–Trinajstić information content (AvgIpc) is 2.73. The van der Waals surface area contributed by atoms with Gasteiger partial charge in [-0.15, -0.1) is 0 Å². The topological polar surface area (TPSA) is 58.6 Å². The molecule has 1 aromatic carbocycles. The van der Waals surface area contributed by atoms with E-state index in [1.54, 1.807) is 0 Å². The maximum absolute atomic E-state index is 13.4. The molecule has 5 heteroatoms. The Kier molecular flexibility index (Phi) is 5.98. The zero-order valence-electron chi connectivity index (χ0n) is 18.3. The monoisotopic (exact) mass is 408 g/mol. The minimum atomic E-state index is -0.360. The zero-order valence-corrected chi connectivity index (χ0v) is 18.3. The van der Waals surface area contributed by atoms with Crippen LogP contribution in [0.1, 0.15) is 69.8 Å². The first kappa shape index (κ1) is 20.7. The fraction of sp³-hybridized carbons (Fsp3) is 0.520. The summed E-state index contributed by atoms with van der Waals surface area (Å²) in [5, 5.41) is 3.38. The van der Waals surface area contributed by atoms with Gasteiger partial charge in [-0.3, -0.25) is 4.79 Å². The van der Waals surface area contributed by atoms with Gasteiger partial charge >= 0.3 is 5.97 Å². The average molecular weight is 409 g/mol. The van der Waals surface area contributed by atoms with E-state index >= 15 is 0 Å². The lowest BCUT2D eigenvalue weighted by atomic mass is 9.75. The number of anilines is 1. The highest BCUT2D eigenvalue weighted by molar-refractivity contribution is 6.03. The summed E-state index contributed by atoms with van der Waals surface area (Å²) in [4.78, 5) is 28.4. The first-order valence-corrected chi connectivity index (χ1v) is 11.2. The predicted molar refractivity (Wildman–Crippen MR) is 118 cm³/mol. The molecule has 160 valence electrons. The number of hydrogen-bond acceptors (Lipinski definition) is 5. The lowest BCUT2D eigenvalue weighted by molar-refractivity contribution is -0.146. The summed E-state index contributed by atoms with van der Waals surface area (Å²) < 4.78 is 5.95. The van der Waals surface area contributed by atoms with Crippen LogP contribution in [0.4, 0.5) is 5.69 Å². The summed E-state index contributed by atoms with van der Waals surface area (Å²) in [5.74, 6) is -0.499. The maximum atomic E-state index is 13.4. The van der Waals surface area contributed by atoms with Crippen LogP contribution in [-0.2, 0) is 14.3 Å². The molecular formula is C25H32N2O3. The normalized spacial score (nSPS) is 22.5. The highest BCUT2D eigenvalue weighted by Crippen LogP contribution is 2.43. The van der Waals surface area contributed by atoms with Crippen LogP contribution in [0.15, 0.2) is 46.8 Å². The first-order chi connectivity index (χ1) is 14.5. The molecule has 1 fully saturated rings. The second kappa shape index (κ2) is 8.66. The number of nitrogens with zero attached hydrogens (tertiary/aromatic N) is 1. The Bertz CT molecular complexity index is 889. The van der Waals surface area contributed by atoms with Crippen LogP contribution in [0, 0.1) is 0 Å². The van der Waals surface area contributed by atoms with Crippen molar-refractivity contribution in [3.63, 3.8) is 0 Å². The van der Waals surface area contributed by atoms with Gasteiger partial charge in [0.1, 0.15) is 6.10 Å². The van der Waals surface area contributed by atoms with Crippen molar-refractivity contribution in [1.29, 1.82) is 0 Å². The minimum Gasteiger partial charge on any atom is -0.459 e. The van der Waals surface area contributed by atoms with Crippen molar-refractivity contribution in [3.8, 4) is 0 Å². The molecule has 1 heterocycles. The number of hydrogen-bond donors (Lipinski definition) is 1. The van der Waals surface area contributed by atoms with E-state index in [0.717, 1.165) is 66.7 Å². The van der Waals surface area contributed by atoms with E-state index in [1.807, 2.05) is 50.2 Å². The van der Waals surface area contributed by atoms with Crippen molar-refractivity contribution in [2.75, 3.05) is 19.0 Å². The van der Waals surface area contributed by atoms with Crippen molar-refractivity contribution in [2.45, 2.75) is 70.3 Å². The number of esters is 1. The van der Waals surface area contributed by atoms with Gasteiger partial charge in [0.25, 0.3) is 0 Å². The number of ether oxygens (including phenoxy) is 1. The second-order valence-electron chi connectivity index (χ2n) is 8.92. The summed E-state index contributed by atoms with van der Waals surface area (Å²) in [5.41, 5.74) is 5.18. The summed E-state index contributed by atoms with van der Waals surface area (Å²) in [6.45, 7) is 1.93. The first-order valence-electron chi connectivity index (χ1n) is 11.2. The number of ketones is 1. The fourth-order valence-electron chi connectivity index (χ4n) is 4.95. The summed E-state index contributed by atoms with van der Waals surface area (Å²) in [6.07, 6.45) is 7.51. The lowest BCUT2D eigenvalue weighted by Gasteiger charge is -2.35. The van der Waals surface area contributed by atoms with E-state index in [0.29, 0.717) is 12.0 Å². The largest absolute Gasteiger partial charge is 0.459 e. The van der Waals surface area contributed by atoms with Gasteiger partial charge in [0.2, 0.25) is 0 Å². The molecule has 2 aliphatic carbocycles. The fourth-order valence-corrected chi connectivity index (χ4v) is 4.95. The maximum Gasteiger partial charge on any atom is 0.337 e. The van der Waals surface area contributed by atoms with E-state index in [9.17, 15) is 9.59 Å². The van der Waals surface area contributed by atoms with Gasteiger partial charge in [-0.2, -0.15) is 0 Å². The number of Topliss-reactive ketones (excluding diaryl/α,β-unsaturated/α-hetero) is 1. The highest BCUT2D eigenvalue weighted by Gasteiger charge is 2.39. The van der Waals surface area contributed by atoms with Crippen LogP contribution in [0.2, 0.25) is 0 Å². The minimum absolute atomic E-state index is 0.0132. The Morgan fingerprint density at radius 3 is 2.40 bits per heavy atom. The third kappa shape index (κ3) is 4.03. The van der Waals surface area contributed by atoms with Crippen LogP contribution in [-0.4, -0.2) is 32.0 Å². The van der Waals surface area contributed by atoms with Crippen LogP contribution >= 0.6 is 0 Å². The van der Waals surface area contributed by atoms with Crippen molar-refractivity contribution < 1.29 is 14.3 Å². The molecule has 1 N–H and O–H groups in total. The molecule has 30 heavy (non-hydrogen) atoms. The Morgan fingerprint density at radius 1 is 1.03 bits per heavy atom. The number of carbonyl (C=O) groups is 2. The molecule has 0 aromatic heterocycles. The molecule has 0 amide bonds. The van der Waals surface area contributed by atoms with Crippen molar-refractivity contribution in [1.82, 2.24) is 5.32 Å². The van der Waals surface area contributed by atoms with Gasteiger partial charge in [0.05, 0.1) is 5.57 Å². The molecule has 3 aliphatic rings.